The molecule has 2 aromatic heterocycles. The molecule has 3 aromatic rings. The molecule has 1 aliphatic rings. The Morgan fingerprint density at radius 1 is 1.15 bits per heavy atom. The van der Waals surface area contributed by atoms with Gasteiger partial charge in [0.05, 0.1) is 35.2 Å². The number of nitrogens with two attached hydrogens (primary N) is 1. The number of nitrogens with zero attached hydrogens (tertiary/aromatic N) is 5. The minimum absolute atomic E-state index is 0.143. The minimum atomic E-state index is -3.61. The van der Waals surface area contributed by atoms with Gasteiger partial charge in [0, 0.05) is 25.2 Å². The van der Waals surface area contributed by atoms with Crippen molar-refractivity contribution in [3.63, 3.8) is 0 Å². The summed E-state index contributed by atoms with van der Waals surface area (Å²) in [4.78, 5) is 11.6. The summed E-state index contributed by atoms with van der Waals surface area (Å²) in [5.74, 6) is 1.62. The van der Waals surface area contributed by atoms with E-state index in [-0.39, 0.29) is 16.6 Å². The number of hydrogen-bond acceptors (Lipinski definition) is 8. The Morgan fingerprint density at radius 3 is 2.62 bits per heavy atom. The lowest BCUT2D eigenvalue weighted by Crippen LogP contribution is -2.37. The standard InChI is InChI=1S/C29H43N7O3S/c1-5-7-8-9-22(6-2)19-35-12-10-24(11-13-35)36-20-25(17-33-36)39-29-28(30)32-18-27(34-29)23-14-21(3)15-26(16-23)40(37,38)31-4/h14-18,20,22,24,31H,5-13,19H2,1-4H3,(H2,30,32). The van der Waals surface area contributed by atoms with Gasteiger partial charge in [0.15, 0.2) is 11.6 Å². The van der Waals surface area contributed by atoms with Gasteiger partial charge < -0.3 is 15.4 Å². The number of sulfonamides is 1. The summed E-state index contributed by atoms with van der Waals surface area (Å²) in [5, 5.41) is 4.57. The normalized spacial score (nSPS) is 15.8. The van der Waals surface area contributed by atoms with Gasteiger partial charge in [-0.2, -0.15) is 5.10 Å². The van der Waals surface area contributed by atoms with Crippen LogP contribution in [-0.2, 0) is 10.0 Å². The van der Waals surface area contributed by atoms with Crippen molar-refractivity contribution in [1.29, 1.82) is 0 Å². The summed E-state index contributed by atoms with van der Waals surface area (Å²) in [6.07, 6.45) is 13.7. The van der Waals surface area contributed by atoms with Gasteiger partial charge in [-0.1, -0.05) is 39.5 Å². The monoisotopic (exact) mass is 569 g/mol. The maximum absolute atomic E-state index is 12.4. The average Bonchev–Trinajstić information content (AvgIpc) is 3.42. The first-order chi connectivity index (χ1) is 19.2. The highest BCUT2D eigenvalue weighted by atomic mass is 32.2. The van der Waals surface area contributed by atoms with Gasteiger partial charge >= 0.3 is 0 Å². The fourth-order valence-electron chi connectivity index (χ4n) is 5.29. The van der Waals surface area contributed by atoms with Crippen molar-refractivity contribution in [2.24, 2.45) is 5.92 Å². The summed E-state index contributed by atoms with van der Waals surface area (Å²) in [6, 6.07) is 5.33. The van der Waals surface area contributed by atoms with Gasteiger partial charge in [-0.05, 0) is 62.9 Å². The molecule has 0 spiro atoms. The number of aromatic nitrogens is 4. The predicted octanol–water partition coefficient (Wildman–Crippen LogP) is 5.17. The summed E-state index contributed by atoms with van der Waals surface area (Å²) in [7, 11) is -2.23. The molecule has 0 radical (unpaired) electrons. The highest BCUT2D eigenvalue weighted by molar-refractivity contribution is 7.89. The van der Waals surface area contributed by atoms with Crippen molar-refractivity contribution in [3.8, 4) is 22.9 Å². The number of anilines is 1. The second kappa shape index (κ2) is 13.6. The molecule has 1 aromatic carbocycles. The van der Waals surface area contributed by atoms with E-state index in [2.05, 4.69) is 38.5 Å². The van der Waals surface area contributed by atoms with Crippen molar-refractivity contribution < 1.29 is 13.2 Å². The number of ether oxygens (including phenoxy) is 1. The molecule has 40 heavy (non-hydrogen) atoms. The Balaban J connectivity index is 1.40. The summed E-state index contributed by atoms with van der Waals surface area (Å²) < 4.78 is 35.0. The lowest BCUT2D eigenvalue weighted by atomic mass is 9.96. The Hall–Kier alpha value is -3.02. The van der Waals surface area contributed by atoms with E-state index in [4.69, 9.17) is 10.5 Å². The molecule has 1 saturated heterocycles. The number of likely N-dealkylation sites (tertiary alicyclic amines) is 1. The van der Waals surface area contributed by atoms with E-state index in [0.717, 1.165) is 37.4 Å². The van der Waals surface area contributed by atoms with Crippen LogP contribution in [0.4, 0.5) is 5.82 Å². The van der Waals surface area contributed by atoms with Crippen LogP contribution in [0.15, 0.2) is 41.7 Å². The number of benzene rings is 1. The topological polar surface area (TPSA) is 128 Å². The number of unbranched alkanes of at least 4 members (excludes halogenated alkanes) is 2. The minimum Gasteiger partial charge on any atom is -0.433 e. The zero-order valence-electron chi connectivity index (χ0n) is 24.1. The molecule has 1 atom stereocenters. The van der Waals surface area contributed by atoms with E-state index in [9.17, 15) is 8.42 Å². The summed E-state index contributed by atoms with van der Waals surface area (Å²) in [6.45, 7) is 9.75. The Kier molecular flexibility index (Phi) is 10.2. The number of nitrogen functional groups attached to an aromatic ring is 1. The largest absolute Gasteiger partial charge is 0.433 e. The van der Waals surface area contributed by atoms with Crippen LogP contribution in [0.5, 0.6) is 11.6 Å². The highest BCUT2D eigenvalue weighted by Crippen LogP contribution is 2.30. The van der Waals surface area contributed by atoms with Crippen molar-refractivity contribution in [3.05, 3.63) is 42.4 Å². The highest BCUT2D eigenvalue weighted by Gasteiger charge is 2.23. The van der Waals surface area contributed by atoms with Crippen LogP contribution in [-0.4, -0.2) is 59.7 Å². The van der Waals surface area contributed by atoms with E-state index in [0.29, 0.717) is 23.0 Å². The molecule has 0 aliphatic carbocycles. The molecule has 3 N–H and O–H groups in total. The fourth-order valence-corrected chi connectivity index (χ4v) is 6.15. The predicted molar refractivity (Wildman–Crippen MR) is 158 cm³/mol. The third-order valence-corrected chi connectivity index (χ3v) is 9.12. The van der Waals surface area contributed by atoms with E-state index in [1.165, 1.54) is 51.9 Å². The molecule has 1 unspecified atom stereocenters. The van der Waals surface area contributed by atoms with E-state index in [1.807, 2.05) is 23.9 Å². The van der Waals surface area contributed by atoms with E-state index < -0.39 is 10.0 Å². The molecule has 10 nitrogen and oxygen atoms in total. The van der Waals surface area contributed by atoms with Gasteiger partial charge in [-0.25, -0.2) is 23.1 Å². The number of nitrogens with one attached hydrogen (secondary N) is 1. The first kappa shape index (κ1) is 30.0. The van der Waals surface area contributed by atoms with Gasteiger partial charge in [0.2, 0.25) is 10.0 Å². The molecule has 0 saturated carbocycles. The van der Waals surface area contributed by atoms with Crippen molar-refractivity contribution in [2.45, 2.75) is 76.7 Å². The zero-order valence-corrected chi connectivity index (χ0v) is 25.0. The van der Waals surface area contributed by atoms with Crippen LogP contribution in [0, 0.1) is 12.8 Å². The van der Waals surface area contributed by atoms with Crippen molar-refractivity contribution in [2.75, 3.05) is 32.4 Å². The van der Waals surface area contributed by atoms with Crippen LogP contribution >= 0.6 is 0 Å². The van der Waals surface area contributed by atoms with Crippen LogP contribution in [0.2, 0.25) is 0 Å². The van der Waals surface area contributed by atoms with Crippen LogP contribution in [0.25, 0.3) is 11.3 Å². The Labute approximate surface area is 238 Å². The Bertz CT molecular complexity index is 1370. The van der Waals surface area contributed by atoms with Gasteiger partial charge in [0.25, 0.3) is 5.88 Å². The SMILES string of the molecule is CCCCCC(CC)CN1CCC(n2cc(Oc3nc(-c4cc(C)cc(S(=O)(=O)NC)c4)cnc3N)cn2)CC1. The maximum atomic E-state index is 12.4. The third kappa shape index (κ3) is 7.58. The van der Waals surface area contributed by atoms with Crippen molar-refractivity contribution >= 4 is 15.8 Å². The Morgan fingerprint density at radius 2 is 1.93 bits per heavy atom. The smallest absolute Gasteiger partial charge is 0.263 e. The van der Waals surface area contributed by atoms with Gasteiger partial charge in [0.1, 0.15) is 0 Å². The van der Waals surface area contributed by atoms with E-state index in [1.54, 1.807) is 18.3 Å². The lowest BCUT2D eigenvalue weighted by molar-refractivity contribution is 0.152. The second-order valence-electron chi connectivity index (χ2n) is 10.7. The molecular weight excluding hydrogens is 526 g/mol. The first-order valence-corrected chi connectivity index (χ1v) is 15.8. The molecule has 1 aliphatic heterocycles. The average molecular weight is 570 g/mol. The molecular formula is C29H43N7O3S. The molecule has 0 bridgehead atoms. The third-order valence-electron chi connectivity index (χ3n) is 7.73. The summed E-state index contributed by atoms with van der Waals surface area (Å²) >= 11 is 0. The van der Waals surface area contributed by atoms with Crippen molar-refractivity contribution in [1.82, 2.24) is 29.4 Å². The molecule has 4 rings (SSSR count). The number of aryl methyl sites for hydroxylation is 1. The maximum Gasteiger partial charge on any atom is 0.263 e. The number of hydrogen-bond donors (Lipinski definition) is 2. The van der Waals surface area contributed by atoms with Crippen LogP contribution < -0.4 is 15.2 Å². The molecule has 1 fully saturated rings. The second-order valence-corrected chi connectivity index (χ2v) is 12.6. The first-order valence-electron chi connectivity index (χ1n) is 14.3. The lowest BCUT2D eigenvalue weighted by Gasteiger charge is -2.34. The number of rotatable bonds is 13. The summed E-state index contributed by atoms with van der Waals surface area (Å²) in [5.41, 5.74) is 7.92. The zero-order chi connectivity index (χ0) is 28.7. The molecule has 3 heterocycles. The van der Waals surface area contributed by atoms with E-state index >= 15 is 0 Å². The number of piperidine rings is 1. The van der Waals surface area contributed by atoms with Gasteiger partial charge in [-0.3, -0.25) is 4.68 Å². The van der Waals surface area contributed by atoms with Crippen LogP contribution in [0.3, 0.4) is 0 Å². The van der Waals surface area contributed by atoms with Crippen LogP contribution in [0.1, 0.15) is 70.4 Å². The quantitative estimate of drug-likeness (QED) is 0.270. The van der Waals surface area contributed by atoms with Gasteiger partial charge in [-0.15, -0.1) is 0 Å². The molecule has 218 valence electrons. The molecule has 11 heteroatoms. The fraction of sp³-hybridized carbons (Fsp3) is 0.552. The molecule has 0 amide bonds.